The van der Waals surface area contributed by atoms with Crippen molar-refractivity contribution in [2.75, 3.05) is 44.6 Å². The van der Waals surface area contributed by atoms with Gasteiger partial charge >= 0.3 is 0 Å². The molecule has 2 fully saturated rings. The van der Waals surface area contributed by atoms with Crippen molar-refractivity contribution in [1.29, 1.82) is 0 Å². The van der Waals surface area contributed by atoms with E-state index in [1.54, 1.807) is 0 Å². The van der Waals surface area contributed by atoms with Crippen LogP contribution in [-0.4, -0.2) is 66.9 Å². The minimum Gasteiger partial charge on any atom is -0.340 e. The molecule has 2 aliphatic heterocycles. The lowest BCUT2D eigenvalue weighted by atomic mass is 9.92. The van der Waals surface area contributed by atoms with Gasteiger partial charge in [0.2, 0.25) is 11.8 Å². The van der Waals surface area contributed by atoms with E-state index >= 15 is 0 Å². The minimum absolute atomic E-state index is 0.0133. The molecule has 2 atom stereocenters. The second-order valence-corrected chi connectivity index (χ2v) is 7.99. The number of nitrogens with one attached hydrogen (secondary N) is 2. The first kappa shape index (κ1) is 19.8. The topological polar surface area (TPSA) is 64.7 Å². The minimum atomic E-state index is 0.0133. The largest absolute Gasteiger partial charge is 0.340 e. The van der Waals surface area contributed by atoms with Crippen molar-refractivity contribution in [2.45, 2.75) is 39.7 Å². The molecular formula is C21H32N4O2. The Balaban J connectivity index is 1.46. The highest BCUT2D eigenvalue weighted by Crippen LogP contribution is 2.21. The van der Waals surface area contributed by atoms with Gasteiger partial charge in [0.15, 0.2) is 0 Å². The van der Waals surface area contributed by atoms with E-state index in [1.165, 1.54) is 0 Å². The molecule has 1 aromatic rings. The van der Waals surface area contributed by atoms with Crippen LogP contribution in [0.1, 0.15) is 30.9 Å². The molecule has 2 N–H and O–H groups in total. The van der Waals surface area contributed by atoms with Crippen molar-refractivity contribution < 1.29 is 9.59 Å². The highest BCUT2D eigenvalue weighted by atomic mass is 16.2. The molecule has 6 nitrogen and oxygen atoms in total. The maximum Gasteiger partial charge on any atom is 0.238 e. The number of amides is 2. The van der Waals surface area contributed by atoms with Gasteiger partial charge in [-0.2, -0.15) is 0 Å². The zero-order valence-corrected chi connectivity index (χ0v) is 16.8. The summed E-state index contributed by atoms with van der Waals surface area (Å²) in [5.74, 6) is 0.461. The third-order valence-electron chi connectivity index (χ3n) is 5.77. The average Bonchev–Trinajstić information content (AvgIpc) is 2.65. The van der Waals surface area contributed by atoms with Crippen molar-refractivity contribution in [1.82, 2.24) is 15.1 Å². The van der Waals surface area contributed by atoms with Crippen LogP contribution in [0, 0.1) is 19.8 Å². The Morgan fingerprint density at radius 3 is 2.44 bits per heavy atom. The van der Waals surface area contributed by atoms with Gasteiger partial charge in [0.05, 0.1) is 6.54 Å². The third kappa shape index (κ3) is 5.08. The van der Waals surface area contributed by atoms with E-state index in [2.05, 4.69) is 22.5 Å². The van der Waals surface area contributed by atoms with Crippen LogP contribution in [0.15, 0.2) is 18.2 Å². The summed E-state index contributed by atoms with van der Waals surface area (Å²) in [6, 6.07) is 6.44. The first-order chi connectivity index (χ1) is 12.9. The van der Waals surface area contributed by atoms with Gasteiger partial charge in [0.25, 0.3) is 0 Å². The SMILES string of the molecule is Cc1cccc(C)c1NC(=O)CN1CCN(C(=O)[C@H]2CCN[C@@H](C)C2)CC1. The molecule has 148 valence electrons. The predicted octanol–water partition coefficient (Wildman–Crippen LogP) is 1.77. The summed E-state index contributed by atoms with van der Waals surface area (Å²) < 4.78 is 0. The van der Waals surface area contributed by atoms with Crippen LogP contribution in [0.4, 0.5) is 5.69 Å². The van der Waals surface area contributed by atoms with Crippen LogP contribution in [0.3, 0.4) is 0 Å². The Kier molecular flexibility index (Phi) is 6.50. The Hall–Kier alpha value is -1.92. The lowest BCUT2D eigenvalue weighted by molar-refractivity contribution is -0.138. The number of hydrogen-bond donors (Lipinski definition) is 2. The second kappa shape index (κ2) is 8.85. The molecule has 27 heavy (non-hydrogen) atoms. The Morgan fingerprint density at radius 1 is 1.15 bits per heavy atom. The van der Waals surface area contributed by atoms with E-state index in [0.717, 1.165) is 49.3 Å². The standard InChI is InChI=1S/C21H32N4O2/c1-15-5-4-6-16(2)20(15)23-19(26)14-24-9-11-25(12-10-24)21(27)18-7-8-22-17(3)13-18/h4-6,17-18,22H,7-14H2,1-3H3,(H,23,26)/t17-,18-/m0/s1. The number of anilines is 1. The number of nitrogens with zero attached hydrogens (tertiary/aromatic N) is 2. The second-order valence-electron chi connectivity index (χ2n) is 7.99. The maximum absolute atomic E-state index is 12.7. The van der Waals surface area contributed by atoms with Gasteiger partial charge in [-0.25, -0.2) is 0 Å². The maximum atomic E-state index is 12.7. The predicted molar refractivity (Wildman–Crippen MR) is 108 cm³/mol. The number of piperidine rings is 1. The third-order valence-corrected chi connectivity index (χ3v) is 5.77. The number of benzene rings is 1. The van der Waals surface area contributed by atoms with E-state index in [1.807, 2.05) is 36.9 Å². The van der Waals surface area contributed by atoms with Crippen molar-refractivity contribution in [3.63, 3.8) is 0 Å². The molecule has 6 heteroatoms. The summed E-state index contributed by atoms with van der Waals surface area (Å²) in [6.07, 6.45) is 1.86. The molecule has 0 bridgehead atoms. The Labute approximate surface area is 162 Å². The van der Waals surface area contributed by atoms with Crippen molar-refractivity contribution in [3.8, 4) is 0 Å². The Morgan fingerprint density at radius 2 is 1.81 bits per heavy atom. The van der Waals surface area contributed by atoms with Crippen LogP contribution in [-0.2, 0) is 9.59 Å². The molecule has 0 unspecified atom stereocenters. The van der Waals surface area contributed by atoms with E-state index in [9.17, 15) is 9.59 Å². The van der Waals surface area contributed by atoms with Gasteiger partial charge in [-0.05, 0) is 51.3 Å². The fourth-order valence-electron chi connectivity index (χ4n) is 4.13. The molecule has 0 spiro atoms. The number of para-hydroxylation sites is 1. The molecule has 3 rings (SSSR count). The first-order valence-corrected chi connectivity index (χ1v) is 10.0. The van der Waals surface area contributed by atoms with Crippen LogP contribution in [0.2, 0.25) is 0 Å². The van der Waals surface area contributed by atoms with Gasteiger partial charge in [-0.3, -0.25) is 14.5 Å². The molecule has 2 saturated heterocycles. The molecular weight excluding hydrogens is 340 g/mol. The smallest absolute Gasteiger partial charge is 0.238 e. The summed E-state index contributed by atoms with van der Waals surface area (Å²) in [4.78, 5) is 29.3. The van der Waals surface area contributed by atoms with Gasteiger partial charge < -0.3 is 15.5 Å². The first-order valence-electron chi connectivity index (χ1n) is 10.0. The van der Waals surface area contributed by atoms with Gasteiger partial charge in [0.1, 0.15) is 0 Å². The monoisotopic (exact) mass is 372 g/mol. The summed E-state index contributed by atoms with van der Waals surface area (Å²) in [6.45, 7) is 10.4. The molecule has 0 aromatic heterocycles. The molecule has 1 aromatic carbocycles. The van der Waals surface area contributed by atoms with E-state index < -0.39 is 0 Å². The lowest BCUT2D eigenvalue weighted by Gasteiger charge is -2.37. The Bertz CT molecular complexity index is 663. The molecule has 0 saturated carbocycles. The number of rotatable bonds is 4. The average molecular weight is 373 g/mol. The normalized spacial score (nSPS) is 23.9. The number of aryl methyl sites for hydroxylation is 2. The molecule has 2 amide bonds. The quantitative estimate of drug-likeness (QED) is 0.846. The summed E-state index contributed by atoms with van der Waals surface area (Å²) in [5, 5.41) is 6.45. The zero-order chi connectivity index (χ0) is 19.4. The van der Waals surface area contributed by atoms with E-state index in [4.69, 9.17) is 0 Å². The van der Waals surface area contributed by atoms with Crippen molar-refractivity contribution in [3.05, 3.63) is 29.3 Å². The van der Waals surface area contributed by atoms with Crippen LogP contribution >= 0.6 is 0 Å². The molecule has 2 aliphatic rings. The van der Waals surface area contributed by atoms with Crippen LogP contribution in [0.25, 0.3) is 0 Å². The number of piperazine rings is 1. The summed E-state index contributed by atoms with van der Waals surface area (Å²) in [7, 11) is 0. The van der Waals surface area contributed by atoms with Crippen molar-refractivity contribution in [2.24, 2.45) is 5.92 Å². The van der Waals surface area contributed by atoms with Gasteiger partial charge in [-0.15, -0.1) is 0 Å². The van der Waals surface area contributed by atoms with Gasteiger partial charge in [0, 0.05) is 43.8 Å². The van der Waals surface area contributed by atoms with Crippen LogP contribution < -0.4 is 10.6 Å². The van der Waals surface area contributed by atoms with Crippen LogP contribution in [0.5, 0.6) is 0 Å². The fraction of sp³-hybridized carbons (Fsp3) is 0.619. The number of hydrogen-bond acceptors (Lipinski definition) is 4. The highest BCUT2D eigenvalue weighted by molar-refractivity contribution is 5.93. The molecule has 0 radical (unpaired) electrons. The zero-order valence-electron chi connectivity index (χ0n) is 16.8. The van der Waals surface area contributed by atoms with Gasteiger partial charge in [-0.1, -0.05) is 18.2 Å². The van der Waals surface area contributed by atoms with E-state index in [-0.39, 0.29) is 11.8 Å². The lowest BCUT2D eigenvalue weighted by Crippen LogP contribution is -2.53. The molecule has 0 aliphatic carbocycles. The number of carbonyl (C=O) groups is 2. The summed E-state index contributed by atoms with van der Waals surface area (Å²) >= 11 is 0. The number of carbonyl (C=O) groups excluding carboxylic acids is 2. The van der Waals surface area contributed by atoms with E-state index in [0.29, 0.717) is 31.6 Å². The molecule has 2 heterocycles. The highest BCUT2D eigenvalue weighted by Gasteiger charge is 2.30. The van der Waals surface area contributed by atoms with Crippen molar-refractivity contribution >= 4 is 17.5 Å². The summed E-state index contributed by atoms with van der Waals surface area (Å²) in [5.41, 5.74) is 3.07. The fourth-order valence-corrected chi connectivity index (χ4v) is 4.13.